The number of amides is 2. The highest BCUT2D eigenvalue weighted by molar-refractivity contribution is 5.94. The summed E-state index contributed by atoms with van der Waals surface area (Å²) in [5.74, 6) is -0.0690. The zero-order valence-corrected chi connectivity index (χ0v) is 11.4. The van der Waals surface area contributed by atoms with Crippen molar-refractivity contribution in [2.45, 2.75) is 25.8 Å². The van der Waals surface area contributed by atoms with E-state index in [1.165, 1.54) is 12.3 Å². The van der Waals surface area contributed by atoms with Crippen molar-refractivity contribution in [1.29, 1.82) is 0 Å². The topological polar surface area (TPSA) is 73.5 Å². The minimum atomic E-state index is -0.254. The molecule has 2 aliphatic heterocycles. The van der Waals surface area contributed by atoms with Crippen LogP contribution in [-0.2, 0) is 4.79 Å². The second-order valence-corrected chi connectivity index (χ2v) is 5.42. The van der Waals surface area contributed by atoms with Gasteiger partial charge in [0.15, 0.2) is 5.43 Å². The van der Waals surface area contributed by atoms with Gasteiger partial charge in [-0.25, -0.2) is 0 Å². The Balaban J connectivity index is 1.78. The van der Waals surface area contributed by atoms with Gasteiger partial charge in [0.2, 0.25) is 5.91 Å². The average Bonchev–Trinajstić information content (AvgIpc) is 2.79. The first-order chi connectivity index (χ1) is 9.56. The number of hydrogen-bond acceptors (Lipinski definition) is 3. The van der Waals surface area contributed by atoms with Gasteiger partial charge in [0.25, 0.3) is 5.91 Å². The van der Waals surface area contributed by atoms with Crippen LogP contribution in [0.15, 0.2) is 17.1 Å². The molecule has 2 aliphatic rings. The number of hydrogen-bond donors (Lipinski definition) is 1. The van der Waals surface area contributed by atoms with E-state index in [1.807, 2.05) is 4.90 Å². The zero-order chi connectivity index (χ0) is 14.3. The van der Waals surface area contributed by atoms with Crippen LogP contribution in [0.1, 0.15) is 28.9 Å². The molecule has 20 heavy (non-hydrogen) atoms. The molecular formula is C14H17N3O3. The van der Waals surface area contributed by atoms with Gasteiger partial charge in [-0.05, 0) is 13.3 Å². The third kappa shape index (κ3) is 2.11. The summed E-state index contributed by atoms with van der Waals surface area (Å²) in [7, 11) is 0. The molecule has 1 atom stereocenters. The van der Waals surface area contributed by atoms with E-state index in [1.54, 1.807) is 11.8 Å². The lowest BCUT2D eigenvalue weighted by molar-refractivity contribution is -0.130. The lowest BCUT2D eigenvalue weighted by Crippen LogP contribution is -2.53. The lowest BCUT2D eigenvalue weighted by Gasteiger charge is -2.37. The van der Waals surface area contributed by atoms with Crippen molar-refractivity contribution in [1.82, 2.24) is 14.8 Å². The lowest BCUT2D eigenvalue weighted by atomic mass is 10.1. The Morgan fingerprint density at radius 1 is 1.35 bits per heavy atom. The van der Waals surface area contributed by atoms with Crippen LogP contribution in [0.3, 0.4) is 0 Å². The Bertz CT molecular complexity index is 622. The van der Waals surface area contributed by atoms with Gasteiger partial charge < -0.3 is 14.8 Å². The number of aryl methyl sites for hydroxylation is 1. The Hall–Kier alpha value is -2.11. The number of piperazine rings is 1. The van der Waals surface area contributed by atoms with E-state index in [9.17, 15) is 14.4 Å². The van der Waals surface area contributed by atoms with Crippen molar-refractivity contribution in [2.75, 3.05) is 19.6 Å². The zero-order valence-electron chi connectivity index (χ0n) is 11.4. The highest BCUT2D eigenvalue weighted by Crippen LogP contribution is 2.23. The molecule has 3 heterocycles. The SMILES string of the molecule is Cc1cc(=O)c(C(=O)N2CCN3C(=O)CCC3C2)c[nH]1. The fourth-order valence-electron chi connectivity index (χ4n) is 2.96. The van der Waals surface area contributed by atoms with E-state index in [4.69, 9.17) is 0 Å². The highest BCUT2D eigenvalue weighted by Gasteiger charge is 2.37. The molecule has 1 aromatic rings. The standard InChI is InChI=1S/C14H17N3O3/c1-9-6-12(18)11(7-15-9)14(20)16-4-5-17-10(8-16)2-3-13(17)19/h6-7,10H,2-5,8H2,1H3,(H,15,18). The second-order valence-electron chi connectivity index (χ2n) is 5.42. The van der Waals surface area contributed by atoms with Crippen LogP contribution in [0.2, 0.25) is 0 Å². The molecule has 1 N–H and O–H groups in total. The van der Waals surface area contributed by atoms with E-state index >= 15 is 0 Å². The largest absolute Gasteiger partial charge is 0.364 e. The van der Waals surface area contributed by atoms with Gasteiger partial charge in [-0.15, -0.1) is 0 Å². The number of pyridine rings is 1. The molecule has 2 fully saturated rings. The third-order valence-electron chi connectivity index (χ3n) is 4.07. The van der Waals surface area contributed by atoms with Crippen molar-refractivity contribution in [3.05, 3.63) is 33.7 Å². The van der Waals surface area contributed by atoms with Crippen LogP contribution in [-0.4, -0.2) is 52.3 Å². The summed E-state index contributed by atoms with van der Waals surface area (Å²) in [5.41, 5.74) is 0.655. The molecule has 0 aliphatic carbocycles. The molecule has 2 saturated heterocycles. The minimum absolute atomic E-state index is 0.115. The van der Waals surface area contributed by atoms with Crippen LogP contribution in [0.5, 0.6) is 0 Å². The third-order valence-corrected chi connectivity index (χ3v) is 4.07. The molecule has 106 valence electrons. The molecule has 6 heteroatoms. The number of aromatic amines is 1. The summed E-state index contributed by atoms with van der Waals surface area (Å²) in [5, 5.41) is 0. The molecule has 0 radical (unpaired) electrons. The summed E-state index contributed by atoms with van der Waals surface area (Å²) < 4.78 is 0. The maximum Gasteiger partial charge on any atom is 0.259 e. The quantitative estimate of drug-likeness (QED) is 0.791. The minimum Gasteiger partial charge on any atom is -0.364 e. The van der Waals surface area contributed by atoms with Crippen LogP contribution < -0.4 is 5.43 Å². The summed E-state index contributed by atoms with van der Waals surface area (Å²) in [4.78, 5) is 42.3. The van der Waals surface area contributed by atoms with Crippen LogP contribution in [0.25, 0.3) is 0 Å². The number of carbonyl (C=O) groups is 2. The van der Waals surface area contributed by atoms with Crippen molar-refractivity contribution in [2.24, 2.45) is 0 Å². The van der Waals surface area contributed by atoms with E-state index < -0.39 is 0 Å². The van der Waals surface area contributed by atoms with Gasteiger partial charge in [0.05, 0.1) is 0 Å². The number of nitrogens with one attached hydrogen (secondary N) is 1. The van der Waals surface area contributed by atoms with E-state index in [2.05, 4.69) is 4.98 Å². The van der Waals surface area contributed by atoms with Crippen molar-refractivity contribution >= 4 is 11.8 Å². The number of nitrogens with zero attached hydrogens (tertiary/aromatic N) is 2. The molecule has 0 saturated carbocycles. The first-order valence-electron chi connectivity index (χ1n) is 6.84. The summed E-state index contributed by atoms with van der Waals surface area (Å²) in [6.07, 6.45) is 2.84. The van der Waals surface area contributed by atoms with Crippen LogP contribution in [0.4, 0.5) is 0 Å². The predicted molar refractivity (Wildman–Crippen MR) is 72.4 cm³/mol. The Kier molecular flexibility index (Phi) is 3.08. The molecule has 1 aromatic heterocycles. The predicted octanol–water partition coefficient (Wildman–Crippen LogP) is 0.130. The number of carbonyl (C=O) groups excluding carboxylic acids is 2. The fourth-order valence-corrected chi connectivity index (χ4v) is 2.96. The van der Waals surface area contributed by atoms with Gasteiger partial charge >= 0.3 is 0 Å². The van der Waals surface area contributed by atoms with Crippen LogP contribution >= 0.6 is 0 Å². The Morgan fingerprint density at radius 2 is 2.15 bits per heavy atom. The molecule has 6 nitrogen and oxygen atoms in total. The van der Waals surface area contributed by atoms with Gasteiger partial charge in [-0.1, -0.05) is 0 Å². The molecule has 0 bridgehead atoms. The number of aromatic nitrogens is 1. The monoisotopic (exact) mass is 275 g/mol. The molecule has 0 spiro atoms. The molecule has 3 rings (SSSR count). The van der Waals surface area contributed by atoms with E-state index in [0.29, 0.717) is 26.1 Å². The van der Waals surface area contributed by atoms with Crippen molar-refractivity contribution in [3.63, 3.8) is 0 Å². The molecule has 0 aromatic carbocycles. The highest BCUT2D eigenvalue weighted by atomic mass is 16.2. The van der Waals surface area contributed by atoms with Gasteiger partial charge in [0.1, 0.15) is 5.56 Å². The van der Waals surface area contributed by atoms with Crippen molar-refractivity contribution in [3.8, 4) is 0 Å². The second kappa shape index (κ2) is 4.77. The van der Waals surface area contributed by atoms with Gasteiger partial charge in [0, 0.05) is 50.1 Å². The number of fused-ring (bicyclic) bond motifs is 1. The van der Waals surface area contributed by atoms with Gasteiger partial charge in [-0.3, -0.25) is 14.4 Å². The average molecular weight is 275 g/mol. The maximum absolute atomic E-state index is 12.4. The Morgan fingerprint density at radius 3 is 2.90 bits per heavy atom. The van der Waals surface area contributed by atoms with Gasteiger partial charge in [-0.2, -0.15) is 0 Å². The summed E-state index contributed by atoms with van der Waals surface area (Å²) in [6, 6.07) is 1.55. The normalized spacial score (nSPS) is 22.1. The first-order valence-corrected chi connectivity index (χ1v) is 6.84. The number of H-pyrrole nitrogens is 1. The Labute approximate surface area is 116 Å². The maximum atomic E-state index is 12.4. The molecule has 1 unspecified atom stereocenters. The van der Waals surface area contributed by atoms with E-state index in [0.717, 1.165) is 12.1 Å². The van der Waals surface area contributed by atoms with Crippen molar-refractivity contribution < 1.29 is 9.59 Å². The summed E-state index contributed by atoms with van der Waals surface area (Å²) in [6.45, 7) is 3.36. The molecular weight excluding hydrogens is 258 g/mol. The van der Waals surface area contributed by atoms with Crippen LogP contribution in [0, 0.1) is 6.92 Å². The number of rotatable bonds is 1. The fraction of sp³-hybridized carbons (Fsp3) is 0.500. The van der Waals surface area contributed by atoms with E-state index in [-0.39, 0.29) is 28.8 Å². The summed E-state index contributed by atoms with van der Waals surface area (Å²) >= 11 is 0. The first kappa shape index (κ1) is 12.9. The smallest absolute Gasteiger partial charge is 0.259 e. The molecule has 2 amide bonds.